The first kappa shape index (κ1) is 13.5. The van der Waals surface area contributed by atoms with Gasteiger partial charge in [-0.3, -0.25) is 0 Å². The second-order valence-corrected chi connectivity index (χ2v) is 5.53. The van der Waals surface area contributed by atoms with E-state index in [0.29, 0.717) is 16.9 Å². The Morgan fingerprint density at radius 2 is 2.15 bits per heavy atom. The van der Waals surface area contributed by atoms with Gasteiger partial charge in [0.05, 0.1) is 12.7 Å². The fourth-order valence-corrected chi connectivity index (χ4v) is 2.77. The van der Waals surface area contributed by atoms with Crippen LogP contribution in [0.15, 0.2) is 36.5 Å². The van der Waals surface area contributed by atoms with E-state index in [1.807, 2.05) is 35.0 Å². The van der Waals surface area contributed by atoms with E-state index in [2.05, 4.69) is 17.0 Å². The molecule has 0 bridgehead atoms. The normalized spacial score (nSPS) is 19.4. The number of benzene rings is 1. The van der Waals surface area contributed by atoms with Crippen LogP contribution in [0.2, 0.25) is 5.15 Å². The molecule has 1 saturated heterocycles. The van der Waals surface area contributed by atoms with Crippen molar-refractivity contribution in [1.82, 2.24) is 14.7 Å². The second kappa shape index (κ2) is 5.85. The van der Waals surface area contributed by atoms with Crippen molar-refractivity contribution >= 4 is 11.6 Å². The average Bonchev–Trinajstić information content (AvgIpc) is 3.01. The molecule has 0 radical (unpaired) electrons. The molecule has 1 aromatic heterocycles. The fourth-order valence-electron chi connectivity index (χ4n) is 2.57. The lowest BCUT2D eigenvalue weighted by Crippen LogP contribution is -2.29. The molecule has 0 spiro atoms. The second-order valence-electron chi connectivity index (χ2n) is 5.17. The summed E-state index contributed by atoms with van der Waals surface area (Å²) >= 11 is 6.36. The Hall–Kier alpha value is -1.52. The van der Waals surface area contributed by atoms with Crippen LogP contribution in [0.3, 0.4) is 0 Å². The van der Waals surface area contributed by atoms with Gasteiger partial charge >= 0.3 is 0 Å². The van der Waals surface area contributed by atoms with Gasteiger partial charge in [-0.25, -0.2) is 4.68 Å². The first-order chi connectivity index (χ1) is 9.74. The summed E-state index contributed by atoms with van der Waals surface area (Å²) in [5.74, 6) is 1.38. The van der Waals surface area contributed by atoms with Crippen molar-refractivity contribution in [2.45, 2.75) is 25.4 Å². The zero-order chi connectivity index (χ0) is 13.9. The number of likely N-dealkylation sites (N-methyl/N-ethyl adjacent to an activating group) is 1. The van der Waals surface area contributed by atoms with Crippen molar-refractivity contribution in [3.05, 3.63) is 41.7 Å². The van der Waals surface area contributed by atoms with Gasteiger partial charge in [-0.2, -0.15) is 5.10 Å². The number of halogens is 1. The minimum atomic E-state index is 0.511. The monoisotopic (exact) mass is 291 g/mol. The van der Waals surface area contributed by atoms with E-state index in [4.69, 9.17) is 16.3 Å². The number of para-hydroxylation sites is 1. The minimum absolute atomic E-state index is 0.511. The molecule has 1 fully saturated rings. The molecule has 1 unspecified atom stereocenters. The molecule has 20 heavy (non-hydrogen) atoms. The zero-order valence-electron chi connectivity index (χ0n) is 11.5. The first-order valence-electron chi connectivity index (χ1n) is 6.88. The van der Waals surface area contributed by atoms with Gasteiger partial charge in [-0.05, 0) is 38.6 Å². The molecular formula is C15H18ClN3O. The molecule has 4 nitrogen and oxygen atoms in total. The van der Waals surface area contributed by atoms with Gasteiger partial charge in [0.15, 0.2) is 10.9 Å². The Labute approximate surface area is 123 Å². The van der Waals surface area contributed by atoms with Crippen LogP contribution in [-0.4, -0.2) is 34.3 Å². The summed E-state index contributed by atoms with van der Waals surface area (Å²) in [7, 11) is 2.15. The standard InChI is InChI=1S/C15H18ClN3O/c1-18-9-5-6-12(18)11-19-15(16)14(10-17-19)20-13-7-3-2-4-8-13/h2-4,7-8,10,12H,5-6,9,11H2,1H3. The van der Waals surface area contributed by atoms with Gasteiger partial charge in [0.1, 0.15) is 5.75 Å². The largest absolute Gasteiger partial charge is 0.452 e. The highest BCUT2D eigenvalue weighted by atomic mass is 35.5. The third-order valence-electron chi connectivity index (χ3n) is 3.77. The molecule has 1 atom stereocenters. The summed E-state index contributed by atoms with van der Waals surface area (Å²) in [6.07, 6.45) is 4.12. The smallest absolute Gasteiger partial charge is 0.184 e. The number of rotatable bonds is 4. The first-order valence-corrected chi connectivity index (χ1v) is 7.26. The van der Waals surface area contributed by atoms with Crippen LogP contribution in [0.25, 0.3) is 0 Å². The molecule has 106 valence electrons. The fraction of sp³-hybridized carbons (Fsp3) is 0.400. The van der Waals surface area contributed by atoms with Gasteiger partial charge in [-0.15, -0.1) is 0 Å². The van der Waals surface area contributed by atoms with E-state index in [1.54, 1.807) is 6.20 Å². The van der Waals surface area contributed by atoms with E-state index >= 15 is 0 Å². The van der Waals surface area contributed by atoms with Gasteiger partial charge in [-0.1, -0.05) is 29.8 Å². The van der Waals surface area contributed by atoms with Gasteiger partial charge in [0.2, 0.25) is 0 Å². The highest BCUT2D eigenvalue weighted by molar-refractivity contribution is 6.31. The predicted molar refractivity (Wildman–Crippen MR) is 79.4 cm³/mol. The molecular weight excluding hydrogens is 274 g/mol. The number of aromatic nitrogens is 2. The Morgan fingerprint density at radius 1 is 1.35 bits per heavy atom. The zero-order valence-corrected chi connectivity index (χ0v) is 12.3. The molecule has 0 amide bonds. The summed E-state index contributed by atoms with van der Waals surface area (Å²) in [6.45, 7) is 1.96. The molecule has 1 aliphatic rings. The van der Waals surface area contributed by atoms with Crippen LogP contribution in [0.5, 0.6) is 11.5 Å². The quantitative estimate of drug-likeness (QED) is 0.864. The van der Waals surface area contributed by atoms with Crippen LogP contribution in [-0.2, 0) is 6.54 Å². The summed E-state index contributed by atoms with van der Waals surface area (Å²) in [6, 6.07) is 10.1. The Bertz CT molecular complexity index is 570. The van der Waals surface area contributed by atoms with E-state index < -0.39 is 0 Å². The summed E-state index contributed by atoms with van der Waals surface area (Å²) in [4.78, 5) is 2.36. The number of ether oxygens (including phenoxy) is 1. The van der Waals surface area contributed by atoms with Crippen molar-refractivity contribution in [2.24, 2.45) is 0 Å². The number of nitrogens with zero attached hydrogens (tertiary/aromatic N) is 3. The van der Waals surface area contributed by atoms with Crippen molar-refractivity contribution in [2.75, 3.05) is 13.6 Å². The van der Waals surface area contributed by atoms with E-state index in [0.717, 1.165) is 18.8 Å². The maximum Gasteiger partial charge on any atom is 0.184 e. The molecule has 5 heteroatoms. The highest BCUT2D eigenvalue weighted by Gasteiger charge is 2.23. The summed E-state index contributed by atoms with van der Waals surface area (Å²) < 4.78 is 7.58. The van der Waals surface area contributed by atoms with Crippen molar-refractivity contribution in [3.8, 4) is 11.5 Å². The molecule has 0 aliphatic carbocycles. The Morgan fingerprint density at radius 3 is 2.85 bits per heavy atom. The van der Waals surface area contributed by atoms with Crippen molar-refractivity contribution in [3.63, 3.8) is 0 Å². The maximum absolute atomic E-state index is 6.36. The lowest BCUT2D eigenvalue weighted by Gasteiger charge is -2.19. The van der Waals surface area contributed by atoms with Gasteiger partial charge < -0.3 is 9.64 Å². The molecule has 1 aliphatic heterocycles. The Kier molecular flexibility index (Phi) is 3.94. The van der Waals surface area contributed by atoms with Crippen LogP contribution in [0.1, 0.15) is 12.8 Å². The third-order valence-corrected chi connectivity index (χ3v) is 4.15. The van der Waals surface area contributed by atoms with Crippen LogP contribution < -0.4 is 4.74 Å². The van der Waals surface area contributed by atoms with Crippen LogP contribution in [0, 0.1) is 0 Å². The highest BCUT2D eigenvalue weighted by Crippen LogP contribution is 2.29. The average molecular weight is 292 g/mol. The summed E-state index contributed by atoms with van der Waals surface area (Å²) in [5.41, 5.74) is 0. The van der Waals surface area contributed by atoms with Crippen molar-refractivity contribution < 1.29 is 4.74 Å². The van der Waals surface area contributed by atoms with E-state index in [9.17, 15) is 0 Å². The summed E-state index contributed by atoms with van der Waals surface area (Å²) in [5, 5.41) is 4.91. The van der Waals surface area contributed by atoms with Crippen molar-refractivity contribution in [1.29, 1.82) is 0 Å². The minimum Gasteiger partial charge on any atom is -0.452 e. The third kappa shape index (κ3) is 2.81. The lowest BCUT2D eigenvalue weighted by molar-refractivity contribution is 0.274. The predicted octanol–water partition coefficient (Wildman–Crippen LogP) is 3.42. The Balaban J connectivity index is 1.72. The number of likely N-dealkylation sites (tertiary alicyclic amines) is 1. The number of hydrogen-bond donors (Lipinski definition) is 0. The van der Waals surface area contributed by atoms with Gasteiger partial charge in [0.25, 0.3) is 0 Å². The SMILES string of the molecule is CN1CCCC1Cn1ncc(Oc2ccccc2)c1Cl. The molecule has 1 aromatic carbocycles. The molecule has 0 N–H and O–H groups in total. The van der Waals surface area contributed by atoms with E-state index in [1.165, 1.54) is 12.8 Å². The van der Waals surface area contributed by atoms with Crippen LogP contribution in [0.4, 0.5) is 0 Å². The topological polar surface area (TPSA) is 30.3 Å². The van der Waals surface area contributed by atoms with E-state index in [-0.39, 0.29) is 0 Å². The molecule has 2 heterocycles. The molecule has 0 saturated carbocycles. The van der Waals surface area contributed by atoms with Crippen LogP contribution >= 0.6 is 11.6 Å². The maximum atomic E-state index is 6.36. The molecule has 3 rings (SSSR count). The number of hydrogen-bond acceptors (Lipinski definition) is 3. The lowest BCUT2D eigenvalue weighted by atomic mass is 10.2. The van der Waals surface area contributed by atoms with Gasteiger partial charge in [0, 0.05) is 6.04 Å². The molecule has 2 aromatic rings.